The summed E-state index contributed by atoms with van der Waals surface area (Å²) in [5, 5.41) is 0. The molecule has 0 heterocycles. The Bertz CT molecular complexity index is 296. The Morgan fingerprint density at radius 2 is 1.69 bits per heavy atom. The van der Waals surface area contributed by atoms with Gasteiger partial charge in [0.15, 0.2) is 0 Å². The average molecular weight is 257 g/mol. The van der Waals surface area contributed by atoms with Crippen LogP contribution in [0.5, 0.6) is 0 Å². The quantitative estimate of drug-likeness (QED) is 0.747. The first kappa shape index (κ1) is 10.4. The molecule has 0 aromatic heterocycles. The van der Waals surface area contributed by atoms with Crippen molar-refractivity contribution < 1.29 is 20.8 Å². The molecular formula is C7H5F3O2Se. The van der Waals surface area contributed by atoms with Gasteiger partial charge in [0, 0.05) is 0 Å². The van der Waals surface area contributed by atoms with Crippen LogP contribution in [0.4, 0.5) is 13.2 Å². The van der Waals surface area contributed by atoms with E-state index in [-0.39, 0.29) is 4.46 Å². The fourth-order valence-electron chi connectivity index (χ4n) is 0.666. The van der Waals surface area contributed by atoms with Gasteiger partial charge in [-0.25, -0.2) is 0 Å². The van der Waals surface area contributed by atoms with E-state index < -0.39 is 20.5 Å². The summed E-state index contributed by atoms with van der Waals surface area (Å²) in [5.74, 6) is 0. The number of rotatable bonds is 2. The van der Waals surface area contributed by atoms with Crippen molar-refractivity contribution in [1.82, 2.24) is 0 Å². The Hall–Kier alpha value is -0.711. The van der Waals surface area contributed by atoms with E-state index in [0.29, 0.717) is 0 Å². The van der Waals surface area contributed by atoms with E-state index in [9.17, 15) is 17.0 Å². The molecule has 0 bridgehead atoms. The van der Waals surface area contributed by atoms with Crippen LogP contribution in [-0.2, 0) is 7.65 Å². The molecule has 1 atom stereocenters. The molecule has 6 heteroatoms. The molecule has 1 rings (SSSR count). The Kier molecular flexibility index (Phi) is 3.19. The number of hydrogen-bond acceptors (Lipinski definition) is 2. The summed E-state index contributed by atoms with van der Waals surface area (Å²) in [6, 6.07) is 7.30. The summed E-state index contributed by atoms with van der Waals surface area (Å²) in [6.07, 6.45) is -4.83. The molecule has 0 saturated carbocycles. The first-order valence-electron chi connectivity index (χ1n) is 3.22. The van der Waals surface area contributed by atoms with E-state index in [1.807, 2.05) is 0 Å². The van der Waals surface area contributed by atoms with Crippen LogP contribution in [0.1, 0.15) is 0 Å². The van der Waals surface area contributed by atoms with Crippen molar-refractivity contribution in [1.29, 1.82) is 0 Å². The van der Waals surface area contributed by atoms with Gasteiger partial charge in [0.1, 0.15) is 0 Å². The summed E-state index contributed by atoms with van der Waals surface area (Å²) in [6.45, 7) is 0. The molecule has 0 fully saturated rings. The summed E-state index contributed by atoms with van der Waals surface area (Å²) < 4.78 is 49.2. The molecule has 0 N–H and O–H groups in total. The van der Waals surface area contributed by atoms with Crippen molar-refractivity contribution in [2.45, 2.75) is 6.36 Å². The second-order valence-electron chi connectivity index (χ2n) is 2.08. The molecule has 13 heavy (non-hydrogen) atoms. The standard InChI is InChI=1S/C7H5F3O2Se/c8-7(9,10)12-13(11)6-4-2-1-3-5-6/h1-5H. The Balaban J connectivity index is 2.71. The van der Waals surface area contributed by atoms with Crippen LogP contribution in [-0.4, -0.2) is 20.5 Å². The summed E-state index contributed by atoms with van der Waals surface area (Å²) in [7, 11) is 0. The maximum atomic E-state index is 11.6. The predicted octanol–water partition coefficient (Wildman–Crippen LogP) is 1.35. The first-order valence-corrected chi connectivity index (χ1v) is 5.47. The van der Waals surface area contributed by atoms with E-state index in [0.717, 1.165) is 0 Å². The molecule has 72 valence electrons. The zero-order valence-corrected chi connectivity index (χ0v) is 7.96. The molecule has 0 saturated heterocycles. The van der Waals surface area contributed by atoms with Crippen molar-refractivity contribution in [2.75, 3.05) is 0 Å². The second-order valence-corrected chi connectivity index (χ2v) is 4.40. The van der Waals surface area contributed by atoms with E-state index in [1.165, 1.54) is 24.3 Å². The summed E-state index contributed by atoms with van der Waals surface area (Å²) in [4.78, 5) is 0. The Labute approximate surface area is 76.7 Å². The normalized spacial score (nSPS) is 14.1. The van der Waals surface area contributed by atoms with Gasteiger partial charge >= 0.3 is 76.1 Å². The van der Waals surface area contributed by atoms with Crippen LogP contribution in [0.2, 0.25) is 0 Å². The summed E-state index contributed by atoms with van der Waals surface area (Å²) in [5.41, 5.74) is 0. The molecule has 2 nitrogen and oxygen atoms in total. The van der Waals surface area contributed by atoms with Crippen LogP contribution in [0.3, 0.4) is 0 Å². The van der Waals surface area contributed by atoms with Gasteiger partial charge in [0.25, 0.3) is 0 Å². The van der Waals surface area contributed by atoms with E-state index in [2.05, 4.69) is 3.82 Å². The van der Waals surface area contributed by atoms with E-state index >= 15 is 0 Å². The van der Waals surface area contributed by atoms with Crippen molar-refractivity contribution in [3.8, 4) is 0 Å². The van der Waals surface area contributed by atoms with E-state index in [4.69, 9.17) is 0 Å². The van der Waals surface area contributed by atoms with Gasteiger partial charge in [0.05, 0.1) is 0 Å². The molecule has 1 aromatic rings. The topological polar surface area (TPSA) is 26.3 Å². The van der Waals surface area contributed by atoms with Gasteiger partial charge < -0.3 is 0 Å². The van der Waals surface area contributed by atoms with Crippen molar-refractivity contribution in [3.63, 3.8) is 0 Å². The molecule has 1 aromatic carbocycles. The van der Waals surface area contributed by atoms with Crippen molar-refractivity contribution in [3.05, 3.63) is 30.3 Å². The SMILES string of the molecule is O=[Se](OC(F)(F)F)c1ccccc1. The minimum atomic E-state index is -4.83. The molecule has 0 aliphatic rings. The average Bonchev–Trinajstić information content (AvgIpc) is 2.03. The zero-order valence-electron chi connectivity index (χ0n) is 6.25. The maximum absolute atomic E-state index is 11.6. The molecule has 0 spiro atoms. The van der Waals surface area contributed by atoms with Gasteiger partial charge in [0.2, 0.25) is 0 Å². The van der Waals surface area contributed by atoms with E-state index in [1.54, 1.807) is 6.07 Å². The number of halogens is 3. The third-order valence-corrected chi connectivity index (χ3v) is 3.20. The molecule has 0 radical (unpaired) electrons. The fraction of sp³-hybridized carbons (Fsp3) is 0.143. The van der Waals surface area contributed by atoms with Gasteiger partial charge in [-0.3, -0.25) is 0 Å². The summed E-state index contributed by atoms with van der Waals surface area (Å²) >= 11 is -3.43. The van der Waals surface area contributed by atoms with Crippen LogP contribution >= 0.6 is 0 Å². The van der Waals surface area contributed by atoms with Gasteiger partial charge in [-0.1, -0.05) is 0 Å². The van der Waals surface area contributed by atoms with Crippen LogP contribution < -0.4 is 4.46 Å². The second kappa shape index (κ2) is 4.00. The third-order valence-electron chi connectivity index (χ3n) is 1.11. The van der Waals surface area contributed by atoms with Crippen LogP contribution in [0.15, 0.2) is 30.3 Å². The first-order chi connectivity index (χ1) is 5.99. The van der Waals surface area contributed by atoms with Gasteiger partial charge in [-0.15, -0.1) is 0 Å². The van der Waals surface area contributed by atoms with Crippen LogP contribution in [0, 0.1) is 0 Å². The van der Waals surface area contributed by atoms with Crippen LogP contribution in [0.25, 0.3) is 0 Å². The Morgan fingerprint density at radius 3 is 2.15 bits per heavy atom. The number of benzene rings is 1. The molecule has 0 aliphatic heterocycles. The fourth-order valence-corrected chi connectivity index (χ4v) is 2.02. The number of hydrogen-bond donors (Lipinski definition) is 0. The third kappa shape index (κ3) is 3.67. The minimum absolute atomic E-state index is 0.0832. The molecular weight excluding hydrogens is 252 g/mol. The van der Waals surface area contributed by atoms with Crippen molar-refractivity contribution >= 4 is 18.6 Å². The van der Waals surface area contributed by atoms with Crippen molar-refractivity contribution in [2.24, 2.45) is 0 Å². The van der Waals surface area contributed by atoms with Gasteiger partial charge in [-0.05, 0) is 0 Å². The molecule has 1 unspecified atom stereocenters. The monoisotopic (exact) mass is 258 g/mol. The molecule has 0 aliphatic carbocycles. The number of alkyl halides is 3. The Morgan fingerprint density at radius 1 is 1.15 bits per heavy atom. The van der Waals surface area contributed by atoms with Gasteiger partial charge in [-0.2, -0.15) is 0 Å². The zero-order chi connectivity index (χ0) is 9.90. The predicted molar refractivity (Wildman–Crippen MR) is 39.7 cm³/mol. The molecule has 0 amide bonds.